The Morgan fingerprint density at radius 1 is 1.26 bits per heavy atom. The van der Waals surface area contributed by atoms with Crippen LogP contribution in [-0.2, 0) is 12.8 Å². The first kappa shape index (κ1) is 17.6. The van der Waals surface area contributed by atoms with Crippen LogP contribution in [0.3, 0.4) is 0 Å². The molecular formula is C22H25N3O2. The van der Waals surface area contributed by atoms with E-state index < -0.39 is 0 Å². The maximum absolute atomic E-state index is 13.4. The molecule has 0 aliphatic carbocycles. The fourth-order valence-electron chi connectivity index (χ4n) is 4.09. The van der Waals surface area contributed by atoms with Gasteiger partial charge in [-0.1, -0.05) is 19.9 Å². The number of nitrogens with zero attached hydrogens (tertiary/aromatic N) is 2. The number of aromatic nitrogens is 2. The Balaban J connectivity index is 1.67. The van der Waals surface area contributed by atoms with Crippen LogP contribution in [0.1, 0.15) is 41.8 Å². The van der Waals surface area contributed by atoms with E-state index in [9.17, 15) is 9.90 Å². The number of rotatable bonds is 3. The van der Waals surface area contributed by atoms with Gasteiger partial charge in [-0.3, -0.25) is 4.79 Å². The zero-order valence-electron chi connectivity index (χ0n) is 15.8. The summed E-state index contributed by atoms with van der Waals surface area (Å²) in [5.74, 6) is 0.854. The van der Waals surface area contributed by atoms with Crippen molar-refractivity contribution in [3.05, 3.63) is 59.4 Å². The van der Waals surface area contributed by atoms with Gasteiger partial charge in [0.25, 0.3) is 5.91 Å². The minimum atomic E-state index is 0.0641. The number of amides is 1. The van der Waals surface area contributed by atoms with Crippen molar-refractivity contribution in [1.29, 1.82) is 0 Å². The average molecular weight is 363 g/mol. The Bertz CT molecular complexity index is 977. The van der Waals surface area contributed by atoms with Crippen molar-refractivity contribution in [2.75, 3.05) is 6.54 Å². The predicted octanol–water partition coefficient (Wildman–Crippen LogP) is 3.92. The van der Waals surface area contributed by atoms with Crippen molar-refractivity contribution < 1.29 is 9.90 Å². The minimum Gasteiger partial charge on any atom is -0.508 e. The van der Waals surface area contributed by atoms with Crippen molar-refractivity contribution in [2.24, 2.45) is 5.92 Å². The normalized spacial score (nSPS) is 17.1. The van der Waals surface area contributed by atoms with Crippen LogP contribution in [-0.4, -0.2) is 38.5 Å². The molecule has 0 fully saturated rings. The summed E-state index contributed by atoms with van der Waals surface area (Å²) in [6.45, 7) is 5.05. The summed E-state index contributed by atoms with van der Waals surface area (Å²) in [6, 6.07) is 11.4. The molecule has 140 valence electrons. The van der Waals surface area contributed by atoms with Crippen molar-refractivity contribution in [1.82, 2.24) is 14.9 Å². The topological polar surface area (TPSA) is 69.2 Å². The number of imidazole rings is 1. The summed E-state index contributed by atoms with van der Waals surface area (Å²) in [6.07, 6.45) is 4.19. The Labute approximate surface area is 159 Å². The fraction of sp³-hybridized carbons (Fsp3) is 0.364. The molecular weight excluding hydrogens is 338 g/mol. The zero-order chi connectivity index (χ0) is 19.0. The van der Waals surface area contributed by atoms with Gasteiger partial charge in [0.1, 0.15) is 5.75 Å². The van der Waals surface area contributed by atoms with E-state index in [2.05, 4.69) is 23.8 Å². The molecule has 2 heterocycles. The van der Waals surface area contributed by atoms with Gasteiger partial charge in [0.15, 0.2) is 0 Å². The van der Waals surface area contributed by atoms with E-state index in [1.54, 1.807) is 12.4 Å². The molecule has 0 unspecified atom stereocenters. The van der Waals surface area contributed by atoms with Gasteiger partial charge >= 0.3 is 0 Å². The maximum atomic E-state index is 13.4. The van der Waals surface area contributed by atoms with Gasteiger partial charge < -0.3 is 15.0 Å². The number of carbonyl (C=O) groups is 1. The van der Waals surface area contributed by atoms with E-state index in [1.165, 1.54) is 5.56 Å². The number of hydrogen-bond donors (Lipinski definition) is 2. The maximum Gasteiger partial charge on any atom is 0.254 e. The lowest BCUT2D eigenvalue weighted by molar-refractivity contribution is 0.0665. The van der Waals surface area contributed by atoms with Crippen LogP contribution in [0.15, 0.2) is 42.7 Å². The molecule has 1 aliphatic heterocycles. The van der Waals surface area contributed by atoms with Gasteiger partial charge in [0.05, 0.1) is 17.4 Å². The molecule has 0 bridgehead atoms. The van der Waals surface area contributed by atoms with Gasteiger partial charge in [0.2, 0.25) is 0 Å². The number of phenolic OH excluding ortho intramolecular Hbond substituents is 1. The summed E-state index contributed by atoms with van der Waals surface area (Å²) in [4.78, 5) is 22.7. The lowest BCUT2D eigenvalue weighted by Gasteiger charge is -2.31. The van der Waals surface area contributed by atoms with Crippen molar-refractivity contribution >= 4 is 16.9 Å². The van der Waals surface area contributed by atoms with Crippen LogP contribution in [0.25, 0.3) is 11.0 Å². The van der Waals surface area contributed by atoms with E-state index in [0.29, 0.717) is 23.8 Å². The van der Waals surface area contributed by atoms with Crippen LogP contribution < -0.4 is 0 Å². The lowest BCUT2D eigenvalue weighted by atomic mass is 9.94. The third kappa shape index (κ3) is 3.54. The SMILES string of the molecule is CC(C)C[C@H]1Cc2ccc(O)cc2CCN1C(=O)c1ccc2nc[nH]c2c1. The fourth-order valence-corrected chi connectivity index (χ4v) is 4.09. The highest BCUT2D eigenvalue weighted by atomic mass is 16.3. The third-order valence-corrected chi connectivity index (χ3v) is 5.38. The Morgan fingerprint density at radius 2 is 2.11 bits per heavy atom. The standard InChI is InChI=1S/C22H25N3O2/c1-14(2)9-18-10-15-3-5-19(26)11-16(15)7-8-25(18)22(27)17-4-6-20-21(12-17)24-13-23-20/h3-6,11-14,18,26H,7-10H2,1-2H3,(H,23,24)/t18-/m0/s1. The monoisotopic (exact) mass is 363 g/mol. The number of phenols is 1. The molecule has 5 nitrogen and oxygen atoms in total. The number of benzene rings is 2. The van der Waals surface area contributed by atoms with Gasteiger partial charge in [0, 0.05) is 18.2 Å². The van der Waals surface area contributed by atoms with E-state index >= 15 is 0 Å². The number of hydrogen-bond acceptors (Lipinski definition) is 3. The van der Waals surface area contributed by atoms with E-state index in [0.717, 1.165) is 35.9 Å². The summed E-state index contributed by atoms with van der Waals surface area (Å²) < 4.78 is 0. The molecule has 0 spiro atoms. The third-order valence-electron chi connectivity index (χ3n) is 5.38. The Kier molecular flexibility index (Phi) is 4.60. The minimum absolute atomic E-state index is 0.0641. The van der Waals surface area contributed by atoms with Gasteiger partial charge in [-0.15, -0.1) is 0 Å². The smallest absolute Gasteiger partial charge is 0.254 e. The highest BCUT2D eigenvalue weighted by Crippen LogP contribution is 2.28. The predicted molar refractivity (Wildman–Crippen MR) is 106 cm³/mol. The van der Waals surface area contributed by atoms with Gasteiger partial charge in [-0.05, 0) is 66.6 Å². The second kappa shape index (κ2) is 7.06. The number of aromatic amines is 1. The van der Waals surface area contributed by atoms with E-state index in [4.69, 9.17) is 0 Å². The van der Waals surface area contributed by atoms with Crippen molar-refractivity contribution in [3.63, 3.8) is 0 Å². The second-order valence-electron chi connectivity index (χ2n) is 7.82. The van der Waals surface area contributed by atoms with Crippen LogP contribution in [0, 0.1) is 5.92 Å². The molecule has 4 rings (SSSR count). The first-order valence-corrected chi connectivity index (χ1v) is 9.56. The molecule has 3 aromatic rings. The summed E-state index contributed by atoms with van der Waals surface area (Å²) in [5, 5.41) is 9.83. The van der Waals surface area contributed by atoms with E-state index in [1.807, 2.05) is 35.2 Å². The Morgan fingerprint density at radius 3 is 2.93 bits per heavy atom. The van der Waals surface area contributed by atoms with Crippen molar-refractivity contribution in [3.8, 4) is 5.75 Å². The van der Waals surface area contributed by atoms with Crippen molar-refractivity contribution in [2.45, 2.75) is 39.2 Å². The molecule has 0 radical (unpaired) electrons. The van der Waals surface area contributed by atoms with E-state index in [-0.39, 0.29) is 11.9 Å². The number of aromatic hydroxyl groups is 1. The second-order valence-corrected chi connectivity index (χ2v) is 7.82. The molecule has 1 aliphatic rings. The molecule has 2 N–H and O–H groups in total. The lowest BCUT2D eigenvalue weighted by Crippen LogP contribution is -2.42. The first-order valence-electron chi connectivity index (χ1n) is 9.56. The number of fused-ring (bicyclic) bond motifs is 2. The number of nitrogens with one attached hydrogen (secondary N) is 1. The zero-order valence-corrected chi connectivity index (χ0v) is 15.8. The summed E-state index contributed by atoms with van der Waals surface area (Å²) in [7, 11) is 0. The van der Waals surface area contributed by atoms with Crippen LogP contribution in [0.2, 0.25) is 0 Å². The van der Waals surface area contributed by atoms with Crippen LogP contribution >= 0.6 is 0 Å². The molecule has 1 aromatic heterocycles. The summed E-state index contributed by atoms with van der Waals surface area (Å²) >= 11 is 0. The van der Waals surface area contributed by atoms with Crippen LogP contribution in [0.5, 0.6) is 5.75 Å². The average Bonchev–Trinajstić information content (AvgIpc) is 3.03. The first-order chi connectivity index (χ1) is 13.0. The molecule has 5 heteroatoms. The highest BCUT2D eigenvalue weighted by molar-refractivity contribution is 5.97. The number of H-pyrrole nitrogens is 1. The van der Waals surface area contributed by atoms with Gasteiger partial charge in [-0.2, -0.15) is 0 Å². The number of carbonyl (C=O) groups excluding carboxylic acids is 1. The Hall–Kier alpha value is -2.82. The molecule has 0 saturated carbocycles. The molecule has 27 heavy (non-hydrogen) atoms. The molecule has 0 saturated heterocycles. The molecule has 1 atom stereocenters. The largest absolute Gasteiger partial charge is 0.508 e. The summed E-state index contributed by atoms with van der Waals surface area (Å²) in [5.41, 5.74) is 4.81. The highest BCUT2D eigenvalue weighted by Gasteiger charge is 2.29. The van der Waals surface area contributed by atoms with Crippen LogP contribution in [0.4, 0.5) is 0 Å². The molecule has 1 amide bonds. The quantitative estimate of drug-likeness (QED) is 0.741. The molecule has 2 aromatic carbocycles. The van der Waals surface area contributed by atoms with Gasteiger partial charge in [-0.25, -0.2) is 4.98 Å².